The quantitative estimate of drug-likeness (QED) is 0.866. The van der Waals surface area contributed by atoms with Crippen LogP contribution < -0.4 is 0 Å². The van der Waals surface area contributed by atoms with Gasteiger partial charge in [0.15, 0.2) is 0 Å². The van der Waals surface area contributed by atoms with Crippen molar-refractivity contribution in [2.24, 2.45) is 5.92 Å². The predicted molar refractivity (Wildman–Crippen MR) is 78.8 cm³/mol. The Morgan fingerprint density at radius 2 is 2.15 bits per heavy atom. The number of carbonyl (C=O) groups is 2. The molecule has 2 rings (SSSR count). The molecule has 0 saturated carbocycles. The van der Waals surface area contributed by atoms with Crippen molar-refractivity contribution >= 4 is 23.6 Å². The molecule has 1 N–H and O–H groups in total. The molecule has 4 nitrogen and oxygen atoms in total. The van der Waals surface area contributed by atoms with Crippen LogP contribution in [0.4, 0.5) is 0 Å². The van der Waals surface area contributed by atoms with Crippen LogP contribution in [-0.2, 0) is 9.59 Å². The van der Waals surface area contributed by atoms with Gasteiger partial charge >= 0.3 is 5.97 Å². The maximum absolute atomic E-state index is 12.2. The van der Waals surface area contributed by atoms with Gasteiger partial charge in [-0.15, -0.1) is 11.8 Å². The Morgan fingerprint density at radius 1 is 1.40 bits per heavy atom. The second-order valence-electron chi connectivity index (χ2n) is 5.07. The van der Waals surface area contributed by atoms with E-state index in [4.69, 9.17) is 5.11 Å². The smallest absolute Gasteiger partial charge is 0.308 e. The molecule has 1 aliphatic heterocycles. The fourth-order valence-electron chi connectivity index (χ4n) is 2.35. The molecule has 1 amide bonds. The minimum atomic E-state index is -0.797. The first kappa shape index (κ1) is 14.9. The van der Waals surface area contributed by atoms with E-state index in [0.29, 0.717) is 25.3 Å². The lowest BCUT2D eigenvalue weighted by Crippen LogP contribution is -2.43. The first-order valence-corrected chi connectivity index (χ1v) is 7.75. The van der Waals surface area contributed by atoms with Gasteiger partial charge in [-0.25, -0.2) is 0 Å². The van der Waals surface area contributed by atoms with Crippen molar-refractivity contribution in [2.75, 3.05) is 18.8 Å². The van der Waals surface area contributed by atoms with Gasteiger partial charge in [-0.1, -0.05) is 18.2 Å². The SMILES string of the molecule is Cc1ccccc1SCC(=O)N1CCCC(C(=O)O)C1. The fraction of sp³-hybridized carbons (Fsp3) is 0.467. The Kier molecular flexibility index (Phi) is 5.06. The van der Waals surface area contributed by atoms with Gasteiger partial charge in [-0.2, -0.15) is 0 Å². The van der Waals surface area contributed by atoms with Crippen molar-refractivity contribution in [3.63, 3.8) is 0 Å². The summed E-state index contributed by atoms with van der Waals surface area (Å²) in [7, 11) is 0. The average Bonchev–Trinajstić information content (AvgIpc) is 2.46. The topological polar surface area (TPSA) is 57.6 Å². The zero-order chi connectivity index (χ0) is 14.5. The van der Waals surface area contributed by atoms with Gasteiger partial charge in [0.2, 0.25) is 5.91 Å². The fourth-order valence-corrected chi connectivity index (χ4v) is 3.29. The molecule has 1 unspecified atom stereocenters. The summed E-state index contributed by atoms with van der Waals surface area (Å²) in [4.78, 5) is 26.0. The van der Waals surface area contributed by atoms with E-state index in [2.05, 4.69) is 0 Å². The molecule has 0 aromatic heterocycles. The molecule has 1 saturated heterocycles. The number of amides is 1. The molecule has 1 fully saturated rings. The molecule has 1 aromatic carbocycles. The summed E-state index contributed by atoms with van der Waals surface area (Å²) in [5.41, 5.74) is 1.16. The van der Waals surface area contributed by atoms with Crippen molar-refractivity contribution in [1.29, 1.82) is 0 Å². The number of carboxylic acids is 1. The maximum atomic E-state index is 12.2. The van der Waals surface area contributed by atoms with E-state index < -0.39 is 11.9 Å². The number of carboxylic acid groups (broad SMARTS) is 1. The minimum Gasteiger partial charge on any atom is -0.481 e. The van der Waals surface area contributed by atoms with Crippen LogP contribution in [0.25, 0.3) is 0 Å². The van der Waals surface area contributed by atoms with Crippen molar-refractivity contribution in [3.8, 4) is 0 Å². The van der Waals surface area contributed by atoms with Crippen molar-refractivity contribution in [2.45, 2.75) is 24.7 Å². The highest BCUT2D eigenvalue weighted by molar-refractivity contribution is 8.00. The number of rotatable bonds is 4. The van der Waals surface area contributed by atoms with Crippen molar-refractivity contribution < 1.29 is 14.7 Å². The number of piperidine rings is 1. The van der Waals surface area contributed by atoms with Gasteiger partial charge in [0, 0.05) is 18.0 Å². The number of aliphatic carboxylic acids is 1. The van der Waals surface area contributed by atoms with Crippen molar-refractivity contribution in [1.82, 2.24) is 4.90 Å². The van der Waals surface area contributed by atoms with E-state index in [9.17, 15) is 9.59 Å². The number of thioether (sulfide) groups is 1. The predicted octanol–water partition coefficient (Wildman–Crippen LogP) is 2.41. The van der Waals surface area contributed by atoms with Gasteiger partial charge < -0.3 is 10.0 Å². The van der Waals surface area contributed by atoms with Crippen LogP contribution in [0.1, 0.15) is 18.4 Å². The third kappa shape index (κ3) is 3.76. The molecule has 1 aliphatic rings. The van der Waals surface area contributed by atoms with Crippen LogP contribution in [0.3, 0.4) is 0 Å². The Balaban J connectivity index is 1.89. The first-order chi connectivity index (χ1) is 9.58. The number of hydrogen-bond acceptors (Lipinski definition) is 3. The highest BCUT2D eigenvalue weighted by Gasteiger charge is 2.27. The van der Waals surface area contributed by atoms with Gasteiger partial charge in [-0.3, -0.25) is 9.59 Å². The summed E-state index contributed by atoms with van der Waals surface area (Å²) in [5.74, 6) is -0.800. The third-order valence-corrected chi connectivity index (χ3v) is 4.73. The Morgan fingerprint density at radius 3 is 2.85 bits per heavy atom. The van der Waals surface area contributed by atoms with Crippen LogP contribution in [0.2, 0.25) is 0 Å². The van der Waals surface area contributed by atoms with Crippen LogP contribution >= 0.6 is 11.8 Å². The van der Waals surface area contributed by atoms with E-state index in [0.717, 1.165) is 16.9 Å². The lowest BCUT2D eigenvalue weighted by molar-refractivity contribution is -0.145. The van der Waals surface area contributed by atoms with E-state index >= 15 is 0 Å². The van der Waals surface area contributed by atoms with Gasteiger partial charge in [0.1, 0.15) is 0 Å². The van der Waals surface area contributed by atoms with Crippen LogP contribution in [0.5, 0.6) is 0 Å². The molecule has 1 heterocycles. The monoisotopic (exact) mass is 293 g/mol. The summed E-state index contributed by atoms with van der Waals surface area (Å²) < 4.78 is 0. The highest BCUT2D eigenvalue weighted by Crippen LogP contribution is 2.23. The third-order valence-electron chi connectivity index (χ3n) is 3.57. The van der Waals surface area contributed by atoms with E-state index in [1.807, 2.05) is 31.2 Å². The minimum absolute atomic E-state index is 0.0317. The molecule has 0 radical (unpaired) electrons. The second kappa shape index (κ2) is 6.79. The van der Waals surface area contributed by atoms with Gasteiger partial charge in [0.25, 0.3) is 0 Å². The largest absolute Gasteiger partial charge is 0.481 e. The molecule has 0 bridgehead atoms. The second-order valence-corrected chi connectivity index (χ2v) is 6.09. The molecular weight excluding hydrogens is 274 g/mol. The number of nitrogens with zero attached hydrogens (tertiary/aromatic N) is 1. The Labute approximate surface area is 123 Å². The molecule has 5 heteroatoms. The summed E-state index contributed by atoms with van der Waals surface area (Å²) in [6.45, 7) is 3.05. The number of aryl methyl sites for hydroxylation is 1. The van der Waals surface area contributed by atoms with E-state index in [-0.39, 0.29) is 5.91 Å². The number of hydrogen-bond donors (Lipinski definition) is 1. The molecule has 0 spiro atoms. The Hall–Kier alpha value is -1.49. The first-order valence-electron chi connectivity index (χ1n) is 6.77. The normalized spacial score (nSPS) is 18.9. The summed E-state index contributed by atoms with van der Waals surface area (Å²) in [6.07, 6.45) is 1.45. The lowest BCUT2D eigenvalue weighted by atomic mass is 9.98. The zero-order valence-electron chi connectivity index (χ0n) is 11.5. The average molecular weight is 293 g/mol. The van der Waals surface area contributed by atoms with E-state index in [1.54, 1.807) is 4.90 Å². The molecule has 108 valence electrons. The number of carbonyl (C=O) groups excluding carboxylic acids is 1. The maximum Gasteiger partial charge on any atom is 0.308 e. The summed E-state index contributed by atoms with van der Waals surface area (Å²) in [5, 5.41) is 9.04. The summed E-state index contributed by atoms with van der Waals surface area (Å²) in [6, 6.07) is 7.96. The molecular formula is C15H19NO3S. The highest BCUT2D eigenvalue weighted by atomic mass is 32.2. The molecule has 1 aromatic rings. The molecule has 0 aliphatic carbocycles. The van der Waals surface area contributed by atoms with Crippen LogP contribution in [0, 0.1) is 12.8 Å². The molecule has 20 heavy (non-hydrogen) atoms. The lowest BCUT2D eigenvalue weighted by Gasteiger charge is -2.30. The van der Waals surface area contributed by atoms with Gasteiger partial charge in [-0.05, 0) is 31.4 Å². The van der Waals surface area contributed by atoms with Crippen molar-refractivity contribution in [3.05, 3.63) is 29.8 Å². The standard InChI is InChI=1S/C15H19NO3S/c1-11-5-2-3-7-13(11)20-10-14(17)16-8-4-6-12(9-16)15(18)19/h2-3,5,7,12H,4,6,8-10H2,1H3,(H,18,19). The molecule has 1 atom stereocenters. The summed E-state index contributed by atoms with van der Waals surface area (Å²) >= 11 is 1.52. The van der Waals surface area contributed by atoms with Crippen LogP contribution in [0.15, 0.2) is 29.2 Å². The number of likely N-dealkylation sites (tertiary alicyclic amines) is 1. The van der Waals surface area contributed by atoms with Gasteiger partial charge in [0.05, 0.1) is 11.7 Å². The van der Waals surface area contributed by atoms with E-state index in [1.165, 1.54) is 11.8 Å². The number of benzene rings is 1. The Bertz CT molecular complexity index is 504. The van der Waals surface area contributed by atoms with Crippen LogP contribution in [-0.4, -0.2) is 40.7 Å². The zero-order valence-corrected chi connectivity index (χ0v) is 12.4.